The maximum Gasteiger partial charge on any atom is 0.233 e. The van der Waals surface area contributed by atoms with Gasteiger partial charge in [-0.3, -0.25) is 4.90 Å². The fraction of sp³-hybridized carbons (Fsp3) is 0.333. The van der Waals surface area contributed by atoms with E-state index < -0.39 is 12.3 Å². The monoisotopic (exact) mass is 358 g/mol. The molecule has 26 heavy (non-hydrogen) atoms. The summed E-state index contributed by atoms with van der Waals surface area (Å²) >= 11 is 0. The van der Waals surface area contributed by atoms with Gasteiger partial charge in [0, 0.05) is 23.9 Å². The lowest BCUT2D eigenvalue weighted by molar-refractivity contribution is 0.0142. The molecule has 2 N–H and O–H groups in total. The van der Waals surface area contributed by atoms with Crippen molar-refractivity contribution in [1.82, 2.24) is 19.9 Å². The van der Waals surface area contributed by atoms with Crippen LogP contribution >= 0.6 is 0 Å². The summed E-state index contributed by atoms with van der Waals surface area (Å²) in [6.45, 7) is 2.59. The van der Waals surface area contributed by atoms with Crippen LogP contribution in [0.5, 0.6) is 11.6 Å². The van der Waals surface area contributed by atoms with E-state index in [4.69, 9.17) is 9.47 Å². The number of nitrogens with one attached hydrogen (secondary N) is 1. The quantitative estimate of drug-likeness (QED) is 0.643. The second-order valence-corrected chi connectivity index (χ2v) is 6.29. The molecule has 1 aliphatic rings. The summed E-state index contributed by atoms with van der Waals surface area (Å²) in [5, 5.41) is 10.6. The lowest BCUT2D eigenvalue weighted by Gasteiger charge is -2.23. The minimum absolute atomic E-state index is 0.287. The molecule has 2 bridgehead atoms. The summed E-state index contributed by atoms with van der Waals surface area (Å²) in [5.74, 6) is 0.458. The minimum Gasteiger partial charge on any atom is -0.492 e. The number of aliphatic hydroxyl groups excluding tert-OH is 1. The van der Waals surface area contributed by atoms with Crippen molar-refractivity contribution in [3.63, 3.8) is 0 Å². The predicted molar refractivity (Wildman–Crippen MR) is 92.4 cm³/mol. The Bertz CT molecular complexity index is 945. The van der Waals surface area contributed by atoms with Gasteiger partial charge in [-0.2, -0.15) is 0 Å². The SMILES string of the molecule is C[C@H]1Oc2cnc3[nH]cc(c3n2)C(O)N(C)CCOc2ccc(F)cc21. The van der Waals surface area contributed by atoms with Crippen LogP contribution in [0.15, 0.2) is 30.6 Å². The molecular formula is C18H19FN4O3. The molecule has 2 aromatic heterocycles. The Labute approximate surface area is 149 Å². The summed E-state index contributed by atoms with van der Waals surface area (Å²) in [5.41, 5.74) is 2.29. The van der Waals surface area contributed by atoms with Crippen molar-refractivity contribution < 1.29 is 19.0 Å². The van der Waals surface area contributed by atoms with E-state index in [1.165, 1.54) is 18.3 Å². The van der Waals surface area contributed by atoms with Gasteiger partial charge in [0.2, 0.25) is 5.88 Å². The zero-order valence-corrected chi connectivity index (χ0v) is 14.4. The van der Waals surface area contributed by atoms with E-state index in [9.17, 15) is 9.50 Å². The number of aromatic amines is 1. The Kier molecular flexibility index (Phi) is 4.21. The maximum absolute atomic E-state index is 13.7. The highest BCUT2D eigenvalue weighted by Gasteiger charge is 2.22. The van der Waals surface area contributed by atoms with Gasteiger partial charge in [0.25, 0.3) is 0 Å². The normalized spacial score (nSPS) is 21.2. The lowest BCUT2D eigenvalue weighted by Crippen LogP contribution is -2.29. The van der Waals surface area contributed by atoms with E-state index >= 15 is 0 Å². The number of likely N-dealkylation sites (N-methyl/N-ethyl adjacent to an activating group) is 1. The molecule has 0 radical (unpaired) electrons. The van der Waals surface area contributed by atoms with Crippen LogP contribution < -0.4 is 9.47 Å². The topological polar surface area (TPSA) is 83.5 Å². The van der Waals surface area contributed by atoms with Crippen molar-refractivity contribution in [2.24, 2.45) is 0 Å². The average Bonchev–Trinajstić information content (AvgIpc) is 3.04. The van der Waals surface area contributed by atoms with E-state index in [0.29, 0.717) is 41.2 Å². The molecule has 0 fully saturated rings. The summed E-state index contributed by atoms with van der Waals surface area (Å²) in [6.07, 6.45) is 1.82. The van der Waals surface area contributed by atoms with E-state index in [0.717, 1.165) is 0 Å². The summed E-state index contributed by atoms with van der Waals surface area (Å²) in [6, 6.07) is 4.32. The van der Waals surface area contributed by atoms with Crippen LogP contribution in [0.25, 0.3) is 11.2 Å². The van der Waals surface area contributed by atoms with Crippen LogP contribution in [-0.2, 0) is 0 Å². The number of ether oxygens (including phenoxy) is 2. The van der Waals surface area contributed by atoms with Crippen molar-refractivity contribution in [3.8, 4) is 11.6 Å². The van der Waals surface area contributed by atoms with Crippen molar-refractivity contribution in [3.05, 3.63) is 47.5 Å². The van der Waals surface area contributed by atoms with E-state index in [1.54, 1.807) is 31.1 Å². The van der Waals surface area contributed by atoms with Crippen LogP contribution in [0, 0.1) is 5.82 Å². The number of benzene rings is 1. The van der Waals surface area contributed by atoms with Crippen molar-refractivity contribution in [1.29, 1.82) is 0 Å². The third-order valence-corrected chi connectivity index (χ3v) is 4.49. The van der Waals surface area contributed by atoms with Gasteiger partial charge in [0.05, 0.1) is 6.20 Å². The van der Waals surface area contributed by atoms with Crippen LogP contribution in [0.1, 0.15) is 30.4 Å². The predicted octanol–water partition coefficient (Wildman–Crippen LogP) is 2.55. The van der Waals surface area contributed by atoms with Crippen LogP contribution in [-0.4, -0.2) is 45.2 Å². The van der Waals surface area contributed by atoms with E-state index in [-0.39, 0.29) is 11.7 Å². The minimum atomic E-state index is -0.872. The fourth-order valence-corrected chi connectivity index (χ4v) is 3.02. The number of halogens is 1. The molecule has 136 valence electrons. The first kappa shape index (κ1) is 16.7. The Morgan fingerprint density at radius 3 is 3.04 bits per heavy atom. The number of hydrogen-bond donors (Lipinski definition) is 2. The zero-order valence-electron chi connectivity index (χ0n) is 14.4. The molecule has 0 spiro atoms. The van der Waals surface area contributed by atoms with Gasteiger partial charge in [0.15, 0.2) is 5.65 Å². The molecule has 4 rings (SSSR count). The first-order valence-electron chi connectivity index (χ1n) is 8.34. The molecule has 0 aliphatic carbocycles. The first-order chi connectivity index (χ1) is 12.5. The molecule has 7 nitrogen and oxygen atoms in total. The highest BCUT2D eigenvalue weighted by molar-refractivity contribution is 5.75. The molecule has 0 saturated carbocycles. The zero-order chi connectivity index (χ0) is 18.3. The number of aliphatic hydroxyl groups is 1. The molecule has 0 amide bonds. The number of H-pyrrole nitrogens is 1. The number of aromatic nitrogens is 3. The molecule has 3 heterocycles. The van der Waals surface area contributed by atoms with Gasteiger partial charge in [-0.1, -0.05) is 0 Å². The Balaban J connectivity index is 1.81. The lowest BCUT2D eigenvalue weighted by atomic mass is 10.1. The van der Waals surface area contributed by atoms with Crippen LogP contribution in [0.2, 0.25) is 0 Å². The smallest absolute Gasteiger partial charge is 0.233 e. The number of rotatable bonds is 0. The number of hydrogen-bond acceptors (Lipinski definition) is 6. The molecule has 0 saturated heterocycles. The Hall–Kier alpha value is -2.71. The van der Waals surface area contributed by atoms with Crippen molar-refractivity contribution >= 4 is 11.2 Å². The molecular weight excluding hydrogens is 339 g/mol. The first-order valence-corrected chi connectivity index (χ1v) is 8.34. The standard InChI is InChI=1S/C18H19FN4O3/c1-10-12-7-11(19)3-4-14(12)25-6-5-23(2)18(24)13-8-20-17-16(13)22-15(26-10)9-21-17/h3-4,7-10,18,24H,5-6H2,1-2H3,(H,20,21)/t10-,18?/m1/s1. The summed E-state index contributed by atoms with van der Waals surface area (Å²) in [4.78, 5) is 13.5. The highest BCUT2D eigenvalue weighted by Crippen LogP contribution is 2.31. The van der Waals surface area contributed by atoms with Crippen molar-refractivity contribution in [2.75, 3.05) is 20.2 Å². The third kappa shape index (κ3) is 2.97. The average molecular weight is 358 g/mol. The van der Waals surface area contributed by atoms with Gasteiger partial charge in [0.1, 0.15) is 36.0 Å². The summed E-state index contributed by atoms with van der Waals surface area (Å²) < 4.78 is 25.4. The van der Waals surface area contributed by atoms with Crippen LogP contribution in [0.4, 0.5) is 4.39 Å². The van der Waals surface area contributed by atoms with Crippen LogP contribution in [0.3, 0.4) is 0 Å². The number of fused-ring (bicyclic) bond motifs is 2. The summed E-state index contributed by atoms with van der Waals surface area (Å²) in [7, 11) is 1.79. The second-order valence-electron chi connectivity index (χ2n) is 6.29. The van der Waals surface area contributed by atoms with Gasteiger partial charge in [-0.05, 0) is 32.2 Å². The molecule has 1 unspecified atom stereocenters. The van der Waals surface area contributed by atoms with Gasteiger partial charge in [-0.25, -0.2) is 14.4 Å². The largest absolute Gasteiger partial charge is 0.492 e. The molecule has 8 heteroatoms. The van der Waals surface area contributed by atoms with Gasteiger partial charge < -0.3 is 19.6 Å². The highest BCUT2D eigenvalue weighted by atomic mass is 19.1. The van der Waals surface area contributed by atoms with Gasteiger partial charge in [-0.15, -0.1) is 0 Å². The maximum atomic E-state index is 13.7. The van der Waals surface area contributed by atoms with E-state index in [2.05, 4.69) is 15.0 Å². The van der Waals surface area contributed by atoms with E-state index in [1.807, 2.05) is 0 Å². The third-order valence-electron chi connectivity index (χ3n) is 4.49. The van der Waals surface area contributed by atoms with Gasteiger partial charge >= 0.3 is 0 Å². The molecule has 1 aromatic carbocycles. The molecule has 3 aromatic rings. The Morgan fingerprint density at radius 2 is 2.19 bits per heavy atom. The fourth-order valence-electron chi connectivity index (χ4n) is 3.02. The Morgan fingerprint density at radius 1 is 1.35 bits per heavy atom. The van der Waals surface area contributed by atoms with Crippen molar-refractivity contribution in [2.45, 2.75) is 19.3 Å². The second kappa shape index (κ2) is 6.54. The molecule has 2 atom stereocenters. The number of nitrogens with zero attached hydrogens (tertiary/aromatic N) is 3. The molecule has 1 aliphatic heterocycles.